The number of carbonyl (C=O) groups excluding carboxylic acids is 1. The third kappa shape index (κ3) is 5.23. The number of imidazole rings is 1. The molecule has 2 heterocycles. The van der Waals surface area contributed by atoms with E-state index >= 15 is 0 Å². The van der Waals surface area contributed by atoms with Crippen molar-refractivity contribution >= 4 is 30.7 Å². The van der Waals surface area contributed by atoms with Crippen LogP contribution < -0.4 is 10.6 Å². The summed E-state index contributed by atoms with van der Waals surface area (Å²) in [6, 6.07) is 9.79. The van der Waals surface area contributed by atoms with E-state index in [1.165, 1.54) is 12.8 Å². The number of carbonyl (C=O) groups is 1. The van der Waals surface area contributed by atoms with Crippen molar-refractivity contribution in [2.75, 3.05) is 19.6 Å². The minimum atomic E-state index is -0.0647. The van der Waals surface area contributed by atoms with Crippen LogP contribution in [0.25, 0.3) is 5.69 Å². The van der Waals surface area contributed by atoms with Crippen LogP contribution in [0.4, 0.5) is 0 Å². The Morgan fingerprint density at radius 1 is 1.29 bits per heavy atom. The van der Waals surface area contributed by atoms with Gasteiger partial charge in [-0.25, -0.2) is 4.98 Å². The molecule has 5 nitrogen and oxygen atoms in total. The zero-order valence-corrected chi connectivity index (χ0v) is 15.1. The van der Waals surface area contributed by atoms with Crippen LogP contribution in [0.3, 0.4) is 0 Å². The maximum absolute atomic E-state index is 12.4. The summed E-state index contributed by atoms with van der Waals surface area (Å²) in [6.45, 7) is 2.90. The summed E-state index contributed by atoms with van der Waals surface area (Å²) >= 11 is 0. The SMILES string of the molecule is Cl.Cl.O=C(NCCC1CCCNC1)c1cncn1-c1ccccc1. The van der Waals surface area contributed by atoms with E-state index in [0.717, 1.165) is 25.2 Å². The van der Waals surface area contributed by atoms with Crippen molar-refractivity contribution in [2.24, 2.45) is 5.92 Å². The smallest absolute Gasteiger partial charge is 0.269 e. The minimum Gasteiger partial charge on any atom is -0.351 e. The maximum Gasteiger partial charge on any atom is 0.269 e. The van der Waals surface area contributed by atoms with E-state index in [1.807, 2.05) is 34.9 Å². The van der Waals surface area contributed by atoms with Crippen molar-refractivity contribution in [3.63, 3.8) is 0 Å². The largest absolute Gasteiger partial charge is 0.351 e. The first-order valence-electron chi connectivity index (χ1n) is 7.91. The molecule has 3 rings (SSSR count). The summed E-state index contributed by atoms with van der Waals surface area (Å²) in [7, 11) is 0. The molecule has 1 unspecified atom stereocenters. The second-order valence-corrected chi connectivity index (χ2v) is 5.74. The van der Waals surface area contributed by atoms with Gasteiger partial charge in [0, 0.05) is 12.2 Å². The Bertz CT molecular complexity index is 612. The normalized spacial score (nSPS) is 16.6. The number of nitrogens with zero attached hydrogens (tertiary/aromatic N) is 2. The highest BCUT2D eigenvalue weighted by atomic mass is 35.5. The highest BCUT2D eigenvalue weighted by molar-refractivity contribution is 5.92. The standard InChI is InChI=1S/C17H22N4O.2ClH/c22-17(20-10-8-14-5-4-9-18-11-14)16-12-19-13-21(16)15-6-2-1-3-7-15;;/h1-3,6-7,12-14,18H,4-5,8-11H2,(H,20,22);2*1H. The van der Waals surface area contributed by atoms with Crippen molar-refractivity contribution in [1.82, 2.24) is 20.2 Å². The van der Waals surface area contributed by atoms with E-state index in [0.29, 0.717) is 18.2 Å². The van der Waals surface area contributed by atoms with E-state index in [-0.39, 0.29) is 30.7 Å². The van der Waals surface area contributed by atoms with Crippen LogP contribution in [-0.2, 0) is 0 Å². The highest BCUT2D eigenvalue weighted by Gasteiger charge is 2.15. The molecule has 24 heavy (non-hydrogen) atoms. The summed E-state index contributed by atoms with van der Waals surface area (Å²) in [5.74, 6) is 0.609. The van der Waals surface area contributed by atoms with Crippen molar-refractivity contribution in [3.8, 4) is 5.69 Å². The molecular formula is C17H24Cl2N4O. The van der Waals surface area contributed by atoms with Gasteiger partial charge in [-0.15, -0.1) is 24.8 Å². The lowest BCUT2D eigenvalue weighted by atomic mass is 9.96. The Balaban J connectivity index is 0.00000144. The van der Waals surface area contributed by atoms with Crippen LogP contribution in [0, 0.1) is 5.92 Å². The average molecular weight is 371 g/mol. The molecule has 2 N–H and O–H groups in total. The number of benzene rings is 1. The molecule has 1 fully saturated rings. The summed E-state index contributed by atoms with van der Waals surface area (Å²) < 4.78 is 1.82. The molecule has 0 bridgehead atoms. The molecule has 1 aromatic carbocycles. The number of para-hydroxylation sites is 1. The van der Waals surface area contributed by atoms with E-state index in [9.17, 15) is 4.79 Å². The van der Waals surface area contributed by atoms with Crippen molar-refractivity contribution in [2.45, 2.75) is 19.3 Å². The Morgan fingerprint density at radius 2 is 2.08 bits per heavy atom. The molecule has 1 atom stereocenters. The number of hydrogen-bond acceptors (Lipinski definition) is 3. The first kappa shape index (κ1) is 20.5. The number of amides is 1. The molecular weight excluding hydrogens is 347 g/mol. The number of piperidine rings is 1. The first-order valence-corrected chi connectivity index (χ1v) is 7.91. The molecule has 0 saturated carbocycles. The highest BCUT2D eigenvalue weighted by Crippen LogP contribution is 2.14. The number of rotatable bonds is 5. The molecule has 1 aromatic heterocycles. The van der Waals surface area contributed by atoms with Gasteiger partial charge >= 0.3 is 0 Å². The first-order chi connectivity index (χ1) is 10.8. The molecule has 1 aliphatic rings. The van der Waals surface area contributed by atoms with Gasteiger partial charge in [0.25, 0.3) is 5.91 Å². The van der Waals surface area contributed by atoms with Gasteiger partial charge in [0.05, 0.1) is 12.5 Å². The number of halogens is 2. The van der Waals surface area contributed by atoms with Crippen LogP contribution in [0.2, 0.25) is 0 Å². The van der Waals surface area contributed by atoms with Crippen molar-refractivity contribution in [1.29, 1.82) is 0 Å². The molecule has 132 valence electrons. The zero-order valence-electron chi connectivity index (χ0n) is 13.5. The number of nitrogens with one attached hydrogen (secondary N) is 2. The van der Waals surface area contributed by atoms with Crippen LogP contribution in [-0.4, -0.2) is 35.1 Å². The summed E-state index contributed by atoms with van der Waals surface area (Å²) in [4.78, 5) is 16.5. The lowest BCUT2D eigenvalue weighted by Crippen LogP contribution is -2.33. The topological polar surface area (TPSA) is 59.0 Å². The Labute approximate surface area is 155 Å². The molecule has 7 heteroatoms. The summed E-state index contributed by atoms with van der Waals surface area (Å²) in [5, 5.41) is 6.42. The van der Waals surface area contributed by atoms with Crippen LogP contribution >= 0.6 is 24.8 Å². The van der Waals surface area contributed by atoms with E-state index in [2.05, 4.69) is 15.6 Å². The lowest BCUT2D eigenvalue weighted by Gasteiger charge is -2.22. The van der Waals surface area contributed by atoms with E-state index in [1.54, 1.807) is 12.5 Å². The average Bonchev–Trinajstić information content (AvgIpc) is 3.06. The number of aromatic nitrogens is 2. The fourth-order valence-corrected chi connectivity index (χ4v) is 2.91. The van der Waals surface area contributed by atoms with Crippen LogP contribution in [0.5, 0.6) is 0 Å². The molecule has 1 saturated heterocycles. The predicted octanol–water partition coefficient (Wildman–Crippen LogP) is 2.84. The second-order valence-electron chi connectivity index (χ2n) is 5.74. The summed E-state index contributed by atoms with van der Waals surface area (Å²) in [6.07, 6.45) is 6.81. The van der Waals surface area contributed by atoms with Gasteiger partial charge < -0.3 is 10.6 Å². The summed E-state index contributed by atoms with van der Waals surface area (Å²) in [5.41, 5.74) is 1.52. The maximum atomic E-state index is 12.4. The number of hydrogen-bond donors (Lipinski definition) is 2. The fraction of sp³-hybridized carbons (Fsp3) is 0.412. The minimum absolute atomic E-state index is 0. The third-order valence-electron chi connectivity index (χ3n) is 4.14. The van der Waals surface area contributed by atoms with Crippen LogP contribution in [0.1, 0.15) is 29.8 Å². The molecule has 1 amide bonds. The van der Waals surface area contributed by atoms with Gasteiger partial charge in [-0.3, -0.25) is 9.36 Å². The third-order valence-corrected chi connectivity index (χ3v) is 4.14. The lowest BCUT2D eigenvalue weighted by molar-refractivity contribution is 0.0944. The van der Waals surface area contributed by atoms with E-state index in [4.69, 9.17) is 0 Å². The molecule has 0 spiro atoms. The quantitative estimate of drug-likeness (QED) is 0.850. The van der Waals surface area contributed by atoms with Gasteiger partial charge in [-0.05, 0) is 50.4 Å². The predicted molar refractivity (Wildman–Crippen MR) is 101 cm³/mol. The molecule has 0 radical (unpaired) electrons. The van der Waals surface area contributed by atoms with E-state index < -0.39 is 0 Å². The molecule has 2 aromatic rings. The molecule has 1 aliphatic heterocycles. The Hall–Kier alpha value is -1.56. The van der Waals surface area contributed by atoms with Gasteiger partial charge in [0.1, 0.15) is 5.69 Å². The van der Waals surface area contributed by atoms with Gasteiger partial charge in [0.2, 0.25) is 0 Å². The van der Waals surface area contributed by atoms with Crippen molar-refractivity contribution in [3.05, 3.63) is 48.5 Å². The Morgan fingerprint density at radius 3 is 2.79 bits per heavy atom. The van der Waals surface area contributed by atoms with Gasteiger partial charge in [0.15, 0.2) is 0 Å². The zero-order chi connectivity index (χ0) is 15.2. The molecule has 0 aliphatic carbocycles. The van der Waals surface area contributed by atoms with Crippen LogP contribution in [0.15, 0.2) is 42.9 Å². The fourth-order valence-electron chi connectivity index (χ4n) is 2.91. The second kappa shape index (κ2) is 10.3. The Kier molecular flexibility index (Phi) is 8.82. The monoisotopic (exact) mass is 370 g/mol. The van der Waals surface area contributed by atoms with Gasteiger partial charge in [-0.2, -0.15) is 0 Å². The van der Waals surface area contributed by atoms with Gasteiger partial charge in [-0.1, -0.05) is 18.2 Å². The van der Waals surface area contributed by atoms with Crippen molar-refractivity contribution < 1.29 is 4.79 Å².